The van der Waals surface area contributed by atoms with Gasteiger partial charge in [0.2, 0.25) is 0 Å². The summed E-state index contributed by atoms with van der Waals surface area (Å²) in [5.74, 6) is 0. The Hall–Kier alpha value is -7.58. The first kappa shape index (κ1) is 51.6. The first-order valence-electron chi connectivity index (χ1n) is 28.9. The van der Waals surface area contributed by atoms with E-state index in [1.807, 2.05) is 0 Å². The van der Waals surface area contributed by atoms with Crippen molar-refractivity contribution in [3.05, 3.63) is 239 Å². The van der Waals surface area contributed by atoms with Crippen molar-refractivity contribution in [1.29, 1.82) is 0 Å². The fraction of sp³-hybridized carbons (Fsp3) is 0.288. The highest BCUT2D eigenvalue weighted by Crippen LogP contribution is 2.63. The van der Waals surface area contributed by atoms with E-state index in [-0.39, 0.29) is 21.9 Å². The lowest BCUT2D eigenvalue weighted by Crippen LogP contribution is -2.60. The number of nitrogens with zero attached hydrogens (tertiary/aromatic N) is 2. The van der Waals surface area contributed by atoms with Gasteiger partial charge in [-0.2, -0.15) is 26.3 Å². The molecule has 2 nitrogen and oxygen atoms in total. The van der Waals surface area contributed by atoms with Crippen LogP contribution in [0, 0.1) is 10.8 Å². The summed E-state index contributed by atoms with van der Waals surface area (Å²) in [6, 6.07) is 65.2. The summed E-state index contributed by atoms with van der Waals surface area (Å²) in [7, 11) is 0. The minimum absolute atomic E-state index is 0.119. The van der Waals surface area contributed by atoms with Crippen LogP contribution in [0.2, 0.25) is 0 Å². The molecule has 81 heavy (non-hydrogen) atoms. The second kappa shape index (κ2) is 18.2. The van der Waals surface area contributed by atoms with Crippen molar-refractivity contribution < 1.29 is 26.3 Å². The van der Waals surface area contributed by atoms with Gasteiger partial charge in [0.15, 0.2) is 0 Å². The first-order chi connectivity index (χ1) is 38.8. The smallest absolute Gasteiger partial charge is 0.335 e. The van der Waals surface area contributed by atoms with Gasteiger partial charge in [-0.3, -0.25) is 0 Å². The fourth-order valence-corrected chi connectivity index (χ4v) is 16.3. The zero-order valence-electron chi connectivity index (χ0n) is 46.2. The highest BCUT2D eigenvalue weighted by atomic mass is 19.4. The average molecular weight is 1080 g/mol. The normalized spacial score (nSPS) is 23.7. The minimum Gasteiger partial charge on any atom is -0.335 e. The Morgan fingerprint density at radius 1 is 0.383 bits per heavy atom. The number of rotatable bonds is 6. The Morgan fingerprint density at radius 3 is 1.32 bits per heavy atom. The van der Waals surface area contributed by atoms with Crippen molar-refractivity contribution >= 4 is 33.5 Å². The molecule has 0 saturated heterocycles. The number of hydrogen-bond acceptors (Lipinski definition) is 2. The Bertz CT molecular complexity index is 3900. The lowest BCUT2D eigenvalue weighted by molar-refractivity contribution is -0.138. The number of fused-ring (bicyclic) bond motifs is 9. The molecule has 2 aliphatic heterocycles. The van der Waals surface area contributed by atoms with Crippen LogP contribution in [0.4, 0.5) is 49.1 Å². The van der Waals surface area contributed by atoms with E-state index in [2.05, 4.69) is 183 Å². The van der Waals surface area contributed by atoms with Crippen LogP contribution >= 0.6 is 0 Å². The summed E-state index contributed by atoms with van der Waals surface area (Å²) in [5.41, 5.74) is 14.6. The van der Waals surface area contributed by atoms with E-state index in [1.165, 1.54) is 57.6 Å². The zero-order chi connectivity index (χ0) is 55.9. The zero-order valence-corrected chi connectivity index (χ0v) is 46.2. The summed E-state index contributed by atoms with van der Waals surface area (Å²) in [6.45, 7) is 9.41. The summed E-state index contributed by atoms with van der Waals surface area (Å²) < 4.78 is 83.7. The molecule has 0 N–H and O–H groups in total. The molecule has 9 aromatic carbocycles. The van der Waals surface area contributed by atoms with Crippen LogP contribution < -0.4 is 9.80 Å². The first-order valence-corrected chi connectivity index (χ1v) is 28.9. The number of benzene rings is 9. The molecule has 0 radical (unpaired) electrons. The topological polar surface area (TPSA) is 6.48 Å². The summed E-state index contributed by atoms with van der Waals surface area (Å²) >= 11 is 0. The molecule has 2 fully saturated rings. The largest absolute Gasteiger partial charge is 0.416 e. The molecule has 0 spiro atoms. The molecule has 0 bridgehead atoms. The maximum absolute atomic E-state index is 14.0. The van der Waals surface area contributed by atoms with Crippen LogP contribution in [0.3, 0.4) is 0 Å². The van der Waals surface area contributed by atoms with E-state index in [1.54, 1.807) is 24.3 Å². The molecule has 0 aromatic heterocycles. The molecule has 2 heterocycles. The molecule has 3 aliphatic carbocycles. The quantitative estimate of drug-likeness (QED) is 0.153. The Labute approximate surface area is 471 Å². The summed E-state index contributed by atoms with van der Waals surface area (Å²) in [4.78, 5) is 4.73. The van der Waals surface area contributed by atoms with E-state index >= 15 is 0 Å². The molecule has 8 heteroatoms. The highest BCUT2D eigenvalue weighted by Gasteiger charge is 2.56. The lowest BCUT2D eigenvalue weighted by Gasteiger charge is -2.60. The van der Waals surface area contributed by atoms with Gasteiger partial charge in [0.1, 0.15) is 0 Å². The fourth-order valence-electron chi connectivity index (χ4n) is 16.3. The standard InChI is InChI=1S/C73H64F6N2/c1-67-37-13-15-39-69(67,3)80(56-30-26-54(27-31-56)72(74,75)76)64-35-24-47(41-50(64)45-67)48-23-34-60-62(43-48)71(52-17-7-5-8-18-52,53-19-9-6-10-20-53)63-44-61(58-21-11-12-22-59(58)66(60)63)49-25-36-65-51(42-49)46-68(2)38-14-16-40-70(68,4)81(65)57-32-28-55(29-33-57)73(77,78)79/h5-12,17-36,41-44H,13-16,37-40,45-46H2,1-4H3. The van der Waals surface area contributed by atoms with Crippen molar-refractivity contribution in [3.8, 4) is 33.4 Å². The molecule has 0 amide bonds. The number of anilines is 4. The van der Waals surface area contributed by atoms with Crippen LogP contribution in [0.1, 0.15) is 124 Å². The van der Waals surface area contributed by atoms with Gasteiger partial charge in [-0.05, 0) is 226 Å². The second-order valence-corrected chi connectivity index (χ2v) is 25.0. The molecular weight excluding hydrogens is 1020 g/mol. The Morgan fingerprint density at radius 2 is 0.815 bits per heavy atom. The third kappa shape index (κ3) is 7.67. The predicted octanol–water partition coefficient (Wildman–Crippen LogP) is 20.6. The highest BCUT2D eigenvalue weighted by molar-refractivity contribution is 6.10. The molecule has 4 unspecified atom stereocenters. The van der Waals surface area contributed by atoms with Gasteiger partial charge in [0.05, 0.1) is 16.5 Å². The van der Waals surface area contributed by atoms with Crippen molar-refractivity contribution in [1.82, 2.24) is 0 Å². The van der Waals surface area contributed by atoms with Gasteiger partial charge in [-0.25, -0.2) is 0 Å². The van der Waals surface area contributed by atoms with Crippen LogP contribution in [0.15, 0.2) is 194 Å². The van der Waals surface area contributed by atoms with E-state index in [0.717, 1.165) is 131 Å². The van der Waals surface area contributed by atoms with Crippen LogP contribution in [-0.4, -0.2) is 11.1 Å². The monoisotopic (exact) mass is 1080 g/mol. The van der Waals surface area contributed by atoms with Gasteiger partial charge in [-0.15, -0.1) is 0 Å². The van der Waals surface area contributed by atoms with E-state index in [9.17, 15) is 26.3 Å². The molecule has 14 rings (SSSR count). The summed E-state index contributed by atoms with van der Waals surface area (Å²) in [6.07, 6.45) is 1.16. The molecule has 5 aliphatic rings. The second-order valence-electron chi connectivity index (χ2n) is 25.0. The van der Waals surface area contributed by atoms with Crippen LogP contribution in [0.25, 0.3) is 44.2 Å². The van der Waals surface area contributed by atoms with Gasteiger partial charge in [0, 0.05) is 33.8 Å². The molecule has 9 aromatic rings. The van der Waals surface area contributed by atoms with E-state index in [4.69, 9.17) is 0 Å². The maximum atomic E-state index is 14.0. The molecular formula is C73H64F6N2. The van der Waals surface area contributed by atoms with Gasteiger partial charge in [0.25, 0.3) is 0 Å². The predicted molar refractivity (Wildman–Crippen MR) is 317 cm³/mol. The van der Waals surface area contributed by atoms with Crippen molar-refractivity contribution in [3.63, 3.8) is 0 Å². The Kier molecular flexibility index (Phi) is 11.6. The molecule has 408 valence electrons. The lowest BCUT2D eigenvalue weighted by atomic mass is 9.57. The molecule has 4 atom stereocenters. The van der Waals surface area contributed by atoms with E-state index in [0.29, 0.717) is 0 Å². The van der Waals surface area contributed by atoms with Gasteiger partial charge in [-0.1, -0.05) is 149 Å². The molecule has 2 saturated carbocycles. The third-order valence-corrected chi connectivity index (χ3v) is 20.8. The SMILES string of the molecule is CC12CCCCC1(C)N(c1ccc(C(F)(F)F)cc1)c1ccc(-c3ccc4c(c3)C(c3ccccc3)(c3ccccc3)c3cc(-c5ccc6c(c5)CC5(C)CCCCC5(C)N6c5ccc(C(F)(F)F)cc5)c5ccccc5c3-4)cc1C2. The number of alkyl halides is 6. The van der Waals surface area contributed by atoms with Crippen molar-refractivity contribution in [2.75, 3.05) is 9.80 Å². The number of hydrogen-bond donors (Lipinski definition) is 0. The van der Waals surface area contributed by atoms with E-state index < -0.39 is 28.9 Å². The van der Waals surface area contributed by atoms with Crippen LogP contribution in [0.5, 0.6) is 0 Å². The average Bonchev–Trinajstić information content (AvgIpc) is 2.25. The van der Waals surface area contributed by atoms with Crippen molar-refractivity contribution in [2.24, 2.45) is 10.8 Å². The van der Waals surface area contributed by atoms with Gasteiger partial charge >= 0.3 is 12.4 Å². The van der Waals surface area contributed by atoms with Gasteiger partial charge < -0.3 is 9.80 Å². The van der Waals surface area contributed by atoms with Crippen LogP contribution in [-0.2, 0) is 30.6 Å². The minimum atomic E-state index is -4.43. The Balaban J connectivity index is 0.949. The summed E-state index contributed by atoms with van der Waals surface area (Å²) in [5, 5.41) is 2.30. The third-order valence-electron chi connectivity index (χ3n) is 20.8. The maximum Gasteiger partial charge on any atom is 0.416 e. The number of halogens is 6. The van der Waals surface area contributed by atoms with Crippen molar-refractivity contribution in [2.45, 2.75) is 121 Å².